The third-order valence-corrected chi connectivity index (χ3v) is 2.44. The van der Waals surface area contributed by atoms with E-state index in [9.17, 15) is 9.18 Å². The minimum absolute atomic E-state index is 0.125. The van der Waals surface area contributed by atoms with Crippen molar-refractivity contribution in [2.24, 2.45) is 0 Å². The minimum Gasteiger partial charge on any atom is -0.464 e. The van der Waals surface area contributed by atoms with Crippen molar-refractivity contribution >= 4 is 17.6 Å². The van der Waals surface area contributed by atoms with Gasteiger partial charge >= 0.3 is 5.97 Å². The van der Waals surface area contributed by atoms with Crippen LogP contribution in [0.4, 0.5) is 4.39 Å². The Hall–Kier alpha value is -1.13. The van der Waals surface area contributed by atoms with Crippen LogP contribution in [0, 0.1) is 5.82 Å². The van der Waals surface area contributed by atoms with Gasteiger partial charge in [-0.05, 0) is 19.1 Å². The van der Waals surface area contributed by atoms with Crippen molar-refractivity contribution < 1.29 is 18.7 Å². The highest BCUT2D eigenvalue weighted by Crippen LogP contribution is 2.19. The van der Waals surface area contributed by atoms with Crippen LogP contribution >= 0.6 is 11.6 Å². The first-order chi connectivity index (χ1) is 8.15. The molecule has 0 saturated carbocycles. The van der Waals surface area contributed by atoms with Gasteiger partial charge in [-0.1, -0.05) is 17.7 Å². The second-order valence-corrected chi connectivity index (χ2v) is 3.72. The van der Waals surface area contributed by atoms with Gasteiger partial charge in [0.15, 0.2) is 0 Å². The molecule has 0 unspecified atom stereocenters. The molecular weight excluding hydrogens is 247 g/mol. The first kappa shape index (κ1) is 13.9. The molecule has 0 heterocycles. The molecule has 0 spiro atoms. The van der Waals surface area contributed by atoms with Crippen LogP contribution in [-0.4, -0.2) is 25.8 Å². The Labute approximate surface area is 104 Å². The van der Waals surface area contributed by atoms with Crippen LogP contribution in [0.2, 0.25) is 5.02 Å². The van der Waals surface area contributed by atoms with E-state index >= 15 is 0 Å². The quantitative estimate of drug-likeness (QED) is 0.583. The van der Waals surface area contributed by atoms with Crippen LogP contribution in [0.25, 0.3) is 0 Å². The Balaban J connectivity index is 2.34. The molecule has 0 aliphatic carbocycles. The van der Waals surface area contributed by atoms with Crippen molar-refractivity contribution in [3.05, 3.63) is 34.6 Å². The maximum atomic E-state index is 13.3. The molecule has 0 aliphatic heterocycles. The summed E-state index contributed by atoms with van der Waals surface area (Å²) in [4.78, 5) is 10.9. The van der Waals surface area contributed by atoms with Gasteiger partial charge in [0.05, 0.1) is 13.2 Å². The normalized spacial score (nSPS) is 10.3. The maximum Gasteiger partial charge on any atom is 0.332 e. The summed E-state index contributed by atoms with van der Waals surface area (Å²) in [5.41, 5.74) is 0.401. The molecule has 1 rings (SSSR count). The maximum absolute atomic E-state index is 13.3. The van der Waals surface area contributed by atoms with Crippen molar-refractivity contribution in [3.63, 3.8) is 0 Å². The molecule has 0 bridgehead atoms. The highest BCUT2D eigenvalue weighted by Gasteiger charge is 2.07. The third-order valence-electron chi connectivity index (χ3n) is 2.08. The number of halogens is 2. The molecule has 0 radical (unpaired) electrons. The van der Waals surface area contributed by atoms with Gasteiger partial charge < -0.3 is 9.47 Å². The zero-order chi connectivity index (χ0) is 12.7. The van der Waals surface area contributed by atoms with Gasteiger partial charge in [0.1, 0.15) is 12.4 Å². The zero-order valence-corrected chi connectivity index (χ0v) is 10.3. The summed E-state index contributed by atoms with van der Waals surface area (Å²) in [7, 11) is 0. The number of carbonyl (C=O) groups excluding carboxylic acids is 1. The Morgan fingerprint density at radius 1 is 1.47 bits per heavy atom. The molecule has 1 aromatic rings. The average Bonchev–Trinajstić information content (AvgIpc) is 2.28. The average molecular weight is 261 g/mol. The Kier molecular flexibility index (Phi) is 5.94. The van der Waals surface area contributed by atoms with E-state index in [2.05, 4.69) is 4.74 Å². The lowest BCUT2D eigenvalue weighted by atomic mass is 10.1. The lowest BCUT2D eigenvalue weighted by Gasteiger charge is -2.06. The monoisotopic (exact) mass is 260 g/mol. The second kappa shape index (κ2) is 7.25. The molecule has 1 aromatic carbocycles. The lowest BCUT2D eigenvalue weighted by molar-refractivity contribution is -0.148. The predicted molar refractivity (Wildman–Crippen MR) is 62.6 cm³/mol. The molecule has 0 amide bonds. The summed E-state index contributed by atoms with van der Waals surface area (Å²) in [5.74, 6) is -0.788. The molecule has 0 aromatic heterocycles. The Morgan fingerprint density at radius 2 is 2.24 bits per heavy atom. The van der Waals surface area contributed by atoms with Crippen LogP contribution in [-0.2, 0) is 20.7 Å². The van der Waals surface area contributed by atoms with E-state index in [-0.39, 0.29) is 19.0 Å². The van der Waals surface area contributed by atoms with E-state index in [1.807, 2.05) is 0 Å². The lowest BCUT2D eigenvalue weighted by Crippen LogP contribution is -2.14. The number of benzene rings is 1. The molecule has 0 saturated heterocycles. The molecule has 17 heavy (non-hydrogen) atoms. The van der Waals surface area contributed by atoms with Crippen LogP contribution in [0.1, 0.15) is 12.5 Å². The van der Waals surface area contributed by atoms with Crippen LogP contribution in [0.5, 0.6) is 0 Å². The number of hydrogen-bond donors (Lipinski definition) is 0. The number of esters is 1. The topological polar surface area (TPSA) is 35.5 Å². The first-order valence-corrected chi connectivity index (χ1v) is 5.69. The van der Waals surface area contributed by atoms with Gasteiger partial charge in [-0.3, -0.25) is 0 Å². The smallest absolute Gasteiger partial charge is 0.332 e. The van der Waals surface area contributed by atoms with Gasteiger partial charge in [-0.25, -0.2) is 9.18 Å². The standard InChI is InChI=1S/C12H14ClFO3/c1-2-17-12(15)8-16-7-6-9-10(13)4-3-5-11(9)14/h3-5H,2,6-8H2,1H3. The first-order valence-electron chi connectivity index (χ1n) is 5.31. The Bertz CT molecular complexity index is 362. The highest BCUT2D eigenvalue weighted by atomic mass is 35.5. The summed E-state index contributed by atoms with van der Waals surface area (Å²) in [6.07, 6.45) is 0.324. The zero-order valence-electron chi connectivity index (χ0n) is 9.54. The van der Waals surface area contributed by atoms with Crippen molar-refractivity contribution in [2.75, 3.05) is 19.8 Å². The molecule has 0 fully saturated rings. The predicted octanol–water partition coefficient (Wildman–Crippen LogP) is 2.60. The number of hydrogen-bond acceptors (Lipinski definition) is 3. The third kappa shape index (κ3) is 4.71. The van der Waals surface area contributed by atoms with Crippen molar-refractivity contribution in [1.29, 1.82) is 0 Å². The van der Waals surface area contributed by atoms with Crippen molar-refractivity contribution in [3.8, 4) is 0 Å². The van der Waals surface area contributed by atoms with E-state index in [1.54, 1.807) is 19.1 Å². The van der Waals surface area contributed by atoms with E-state index in [0.717, 1.165) is 0 Å². The molecule has 94 valence electrons. The molecule has 5 heteroatoms. The molecule has 0 aliphatic rings. The molecule has 0 atom stereocenters. The van der Waals surface area contributed by atoms with Crippen LogP contribution in [0.3, 0.4) is 0 Å². The fourth-order valence-corrected chi connectivity index (χ4v) is 1.56. The highest BCUT2D eigenvalue weighted by molar-refractivity contribution is 6.31. The summed E-state index contributed by atoms with van der Waals surface area (Å²) in [6.45, 7) is 2.14. The molecule has 0 N–H and O–H groups in total. The fourth-order valence-electron chi connectivity index (χ4n) is 1.30. The van der Waals surface area contributed by atoms with Gasteiger partial charge in [0.2, 0.25) is 0 Å². The van der Waals surface area contributed by atoms with E-state index in [1.165, 1.54) is 6.07 Å². The van der Waals surface area contributed by atoms with Gasteiger partial charge in [0, 0.05) is 17.0 Å². The molecular formula is C12H14ClFO3. The number of ether oxygens (including phenoxy) is 2. The van der Waals surface area contributed by atoms with Gasteiger partial charge in [0.25, 0.3) is 0 Å². The number of carbonyl (C=O) groups is 1. The van der Waals surface area contributed by atoms with E-state index < -0.39 is 5.97 Å². The summed E-state index contributed by atoms with van der Waals surface area (Å²) >= 11 is 5.83. The summed E-state index contributed by atoms with van der Waals surface area (Å²) < 4.78 is 23.1. The Morgan fingerprint density at radius 3 is 2.88 bits per heavy atom. The SMILES string of the molecule is CCOC(=O)COCCc1c(F)cccc1Cl. The molecule has 3 nitrogen and oxygen atoms in total. The van der Waals surface area contributed by atoms with Crippen molar-refractivity contribution in [2.45, 2.75) is 13.3 Å². The summed E-state index contributed by atoms with van der Waals surface area (Å²) in [6, 6.07) is 4.50. The second-order valence-electron chi connectivity index (χ2n) is 3.31. The van der Waals surface area contributed by atoms with Crippen LogP contribution < -0.4 is 0 Å². The van der Waals surface area contributed by atoms with E-state index in [4.69, 9.17) is 16.3 Å². The summed E-state index contributed by atoms with van der Waals surface area (Å²) in [5, 5.41) is 0.365. The minimum atomic E-state index is -0.424. The van der Waals surface area contributed by atoms with Crippen LogP contribution in [0.15, 0.2) is 18.2 Å². The van der Waals surface area contributed by atoms with Crippen molar-refractivity contribution in [1.82, 2.24) is 0 Å². The van der Waals surface area contributed by atoms with E-state index in [0.29, 0.717) is 23.6 Å². The largest absolute Gasteiger partial charge is 0.464 e. The number of rotatable bonds is 6. The van der Waals surface area contributed by atoms with Gasteiger partial charge in [-0.2, -0.15) is 0 Å². The fraction of sp³-hybridized carbons (Fsp3) is 0.417. The van der Waals surface area contributed by atoms with Gasteiger partial charge in [-0.15, -0.1) is 0 Å².